The first-order valence-corrected chi connectivity index (χ1v) is 13.7. The number of pyridine rings is 1. The molecule has 0 aliphatic heterocycles. The van der Waals surface area contributed by atoms with Crippen LogP contribution in [0.3, 0.4) is 0 Å². The molecule has 2 aromatic heterocycles. The summed E-state index contributed by atoms with van der Waals surface area (Å²) in [6, 6.07) is 10.2. The minimum absolute atomic E-state index is 0.0373. The number of aromatic nitrogens is 3. The number of Topliss-reactive ketones (excluding diaryl/α,β-unsaturated/α-hetero) is 2. The average Bonchev–Trinajstić information content (AvgIpc) is 3.70. The fraction of sp³-hybridized carbons (Fsp3) is 0.312. The first-order chi connectivity index (χ1) is 20.3. The summed E-state index contributed by atoms with van der Waals surface area (Å²) in [4.78, 5) is 29.9. The smallest absolute Gasteiger partial charge is 0.298 e. The van der Waals surface area contributed by atoms with Crippen LogP contribution in [0.5, 0.6) is 0 Å². The van der Waals surface area contributed by atoms with Crippen molar-refractivity contribution in [1.29, 1.82) is 0 Å². The van der Waals surface area contributed by atoms with Crippen molar-refractivity contribution in [2.24, 2.45) is 0 Å². The van der Waals surface area contributed by atoms with E-state index in [1.54, 1.807) is 12.1 Å². The number of nitrogens with zero attached hydrogens (tertiary/aromatic N) is 3. The molecule has 0 bridgehead atoms. The van der Waals surface area contributed by atoms with Crippen molar-refractivity contribution in [3.63, 3.8) is 0 Å². The quantitative estimate of drug-likeness (QED) is 0.138. The molecule has 0 unspecified atom stereocenters. The Balaban J connectivity index is 1.52. The van der Waals surface area contributed by atoms with E-state index >= 15 is 0 Å². The second-order valence-corrected chi connectivity index (χ2v) is 10.9. The zero-order valence-electron chi connectivity index (χ0n) is 23.3. The molecular formula is C32H27F6N3O2. The van der Waals surface area contributed by atoms with Gasteiger partial charge < -0.3 is 0 Å². The lowest BCUT2D eigenvalue weighted by molar-refractivity contribution is -0.142. The maximum absolute atomic E-state index is 14.3. The third-order valence-corrected chi connectivity index (χ3v) is 7.59. The monoisotopic (exact) mass is 599 g/mol. The molecule has 1 aliphatic carbocycles. The maximum atomic E-state index is 14.3. The first-order valence-electron chi connectivity index (χ1n) is 13.7. The molecule has 1 saturated carbocycles. The highest BCUT2D eigenvalue weighted by Crippen LogP contribution is 2.47. The third kappa shape index (κ3) is 6.71. The van der Waals surface area contributed by atoms with E-state index in [1.165, 1.54) is 32.2 Å². The fourth-order valence-electron chi connectivity index (χ4n) is 5.52. The Labute approximate surface area is 243 Å². The Morgan fingerprint density at radius 1 is 1.02 bits per heavy atom. The standard InChI is InChI=1S/C32H27F6N3O2/c1-17-29(20-5-6-20)31(32(36,37)38)40-41(17)16-25(43)13-22(10-19-11-23(33)15-24(34)12-19)30-26(4-3-9-39-30)21-7-8-28(35)27(14-21)18(2)42/h3-4,7-9,11-12,14-15,20,22H,5-6,10,13,16H2,1-2H3/t22-/m1/s1. The van der Waals surface area contributed by atoms with Crippen LogP contribution in [0.15, 0.2) is 54.7 Å². The highest BCUT2D eigenvalue weighted by molar-refractivity contribution is 5.95. The molecule has 5 rings (SSSR count). The molecular weight excluding hydrogens is 572 g/mol. The predicted molar refractivity (Wildman–Crippen MR) is 146 cm³/mol. The van der Waals surface area contributed by atoms with Crippen LogP contribution in [0.2, 0.25) is 0 Å². The molecule has 224 valence electrons. The average molecular weight is 600 g/mol. The van der Waals surface area contributed by atoms with Crippen LogP contribution < -0.4 is 0 Å². The highest BCUT2D eigenvalue weighted by atomic mass is 19.4. The summed E-state index contributed by atoms with van der Waals surface area (Å²) in [7, 11) is 0. The number of hydrogen-bond donors (Lipinski definition) is 0. The summed E-state index contributed by atoms with van der Waals surface area (Å²) in [5, 5.41) is 3.76. The Hall–Kier alpha value is -4.28. The molecule has 1 fully saturated rings. The summed E-state index contributed by atoms with van der Waals surface area (Å²) in [6.45, 7) is 2.29. The maximum Gasteiger partial charge on any atom is 0.435 e. The highest BCUT2D eigenvalue weighted by Gasteiger charge is 2.43. The molecule has 0 N–H and O–H groups in total. The normalized spacial score (nSPS) is 14.1. The Bertz CT molecular complexity index is 1690. The molecule has 43 heavy (non-hydrogen) atoms. The summed E-state index contributed by atoms with van der Waals surface area (Å²) in [5.41, 5.74) is 0.722. The van der Waals surface area contributed by atoms with Crippen molar-refractivity contribution in [3.8, 4) is 11.1 Å². The second kappa shape index (κ2) is 11.8. The number of ketones is 2. The van der Waals surface area contributed by atoms with E-state index in [-0.39, 0.29) is 41.1 Å². The largest absolute Gasteiger partial charge is 0.435 e. The van der Waals surface area contributed by atoms with E-state index in [9.17, 15) is 35.9 Å². The van der Waals surface area contributed by atoms with Crippen LogP contribution in [-0.4, -0.2) is 26.3 Å². The minimum Gasteiger partial charge on any atom is -0.298 e. The lowest BCUT2D eigenvalue weighted by Gasteiger charge is -2.20. The Morgan fingerprint density at radius 3 is 2.35 bits per heavy atom. The number of hydrogen-bond acceptors (Lipinski definition) is 4. The topological polar surface area (TPSA) is 64.8 Å². The van der Waals surface area contributed by atoms with Gasteiger partial charge in [-0.1, -0.05) is 12.1 Å². The van der Waals surface area contributed by atoms with Crippen LogP contribution in [0, 0.1) is 24.4 Å². The molecule has 0 amide bonds. The molecule has 0 saturated heterocycles. The van der Waals surface area contributed by atoms with Crippen molar-refractivity contribution in [3.05, 3.63) is 106 Å². The van der Waals surface area contributed by atoms with Crippen molar-refractivity contribution in [2.75, 3.05) is 0 Å². The molecule has 11 heteroatoms. The Morgan fingerprint density at radius 2 is 1.72 bits per heavy atom. The van der Waals surface area contributed by atoms with Gasteiger partial charge in [-0.2, -0.15) is 18.3 Å². The number of carbonyl (C=O) groups is 2. The van der Waals surface area contributed by atoms with Gasteiger partial charge in [-0.3, -0.25) is 19.3 Å². The fourth-order valence-corrected chi connectivity index (χ4v) is 5.52. The van der Waals surface area contributed by atoms with Crippen LogP contribution >= 0.6 is 0 Å². The third-order valence-electron chi connectivity index (χ3n) is 7.59. The van der Waals surface area contributed by atoms with E-state index < -0.39 is 53.4 Å². The predicted octanol–water partition coefficient (Wildman–Crippen LogP) is 7.76. The number of alkyl halides is 3. The van der Waals surface area contributed by atoms with E-state index in [2.05, 4.69) is 10.1 Å². The SMILES string of the molecule is CC(=O)c1cc(-c2cccnc2[C@@H](CC(=O)Cn2nc(C(F)(F)F)c(C3CC3)c2C)Cc2cc(F)cc(F)c2)ccc1F. The van der Waals surface area contributed by atoms with Crippen LogP contribution in [0.4, 0.5) is 26.3 Å². The van der Waals surface area contributed by atoms with Crippen LogP contribution in [0.1, 0.15) is 76.6 Å². The molecule has 1 atom stereocenters. The summed E-state index contributed by atoms with van der Waals surface area (Å²) >= 11 is 0. The second-order valence-electron chi connectivity index (χ2n) is 10.9. The van der Waals surface area contributed by atoms with Crippen molar-refractivity contribution >= 4 is 11.6 Å². The number of carbonyl (C=O) groups excluding carboxylic acids is 2. The number of rotatable bonds is 10. The summed E-state index contributed by atoms with van der Waals surface area (Å²) in [5.74, 6) is -4.33. The van der Waals surface area contributed by atoms with Crippen molar-refractivity contribution < 1.29 is 35.9 Å². The van der Waals surface area contributed by atoms with E-state index in [1.807, 2.05) is 0 Å². The van der Waals surface area contributed by atoms with Gasteiger partial charge in [-0.25, -0.2) is 13.2 Å². The molecule has 1 aliphatic rings. The van der Waals surface area contributed by atoms with E-state index in [0.29, 0.717) is 35.7 Å². The summed E-state index contributed by atoms with van der Waals surface area (Å²) < 4.78 is 84.8. The van der Waals surface area contributed by atoms with Crippen molar-refractivity contribution in [1.82, 2.24) is 14.8 Å². The molecule has 2 heterocycles. The van der Waals surface area contributed by atoms with Gasteiger partial charge in [0, 0.05) is 41.4 Å². The number of benzene rings is 2. The molecule has 5 nitrogen and oxygen atoms in total. The molecule has 0 radical (unpaired) electrons. The zero-order chi connectivity index (χ0) is 31.1. The van der Waals surface area contributed by atoms with E-state index in [0.717, 1.165) is 22.9 Å². The lowest BCUT2D eigenvalue weighted by atomic mass is 9.86. The first kappa shape index (κ1) is 30.2. The van der Waals surface area contributed by atoms with Gasteiger partial charge in [0.2, 0.25) is 0 Å². The minimum atomic E-state index is -4.67. The molecule has 4 aromatic rings. The Kier molecular flexibility index (Phi) is 8.27. The number of halogens is 6. The van der Waals surface area contributed by atoms with E-state index in [4.69, 9.17) is 0 Å². The van der Waals surface area contributed by atoms with Gasteiger partial charge in [0.05, 0.1) is 17.8 Å². The van der Waals surface area contributed by atoms with Gasteiger partial charge in [-0.05, 0) is 80.5 Å². The zero-order valence-corrected chi connectivity index (χ0v) is 23.3. The van der Waals surface area contributed by atoms with Gasteiger partial charge >= 0.3 is 6.18 Å². The van der Waals surface area contributed by atoms with Crippen LogP contribution in [-0.2, 0) is 23.9 Å². The molecule has 2 aromatic carbocycles. The van der Waals surface area contributed by atoms with Gasteiger partial charge in [0.15, 0.2) is 17.3 Å². The van der Waals surface area contributed by atoms with Gasteiger partial charge in [0.1, 0.15) is 17.5 Å². The van der Waals surface area contributed by atoms with Gasteiger partial charge in [0.25, 0.3) is 0 Å². The summed E-state index contributed by atoms with van der Waals surface area (Å²) in [6.07, 6.45) is -2.25. The van der Waals surface area contributed by atoms with Crippen LogP contribution in [0.25, 0.3) is 11.1 Å². The van der Waals surface area contributed by atoms with Crippen molar-refractivity contribution in [2.45, 2.75) is 64.1 Å². The lowest BCUT2D eigenvalue weighted by Crippen LogP contribution is -2.19. The molecule has 0 spiro atoms. The van der Waals surface area contributed by atoms with Gasteiger partial charge in [-0.15, -0.1) is 0 Å².